The van der Waals surface area contributed by atoms with Crippen LogP contribution in [0.3, 0.4) is 0 Å². The van der Waals surface area contributed by atoms with E-state index in [1.54, 1.807) is 11.8 Å². The Morgan fingerprint density at radius 1 is 1.24 bits per heavy atom. The molecule has 0 aliphatic carbocycles. The number of likely N-dealkylation sites (tertiary alicyclic amines) is 1. The molecule has 2 rings (SSSR count). The molecule has 1 fully saturated rings. The minimum Gasteiger partial charge on any atom is -0.481 e. The number of carbonyl (C=O) groups excluding carboxylic acids is 1. The largest absolute Gasteiger partial charge is 0.481 e. The highest BCUT2D eigenvalue weighted by Crippen LogP contribution is 2.27. The maximum atomic E-state index is 12.2. The number of rotatable bonds is 3. The van der Waals surface area contributed by atoms with Crippen LogP contribution >= 0.6 is 0 Å². The van der Waals surface area contributed by atoms with Crippen molar-refractivity contribution in [3.63, 3.8) is 0 Å². The van der Waals surface area contributed by atoms with E-state index in [0.29, 0.717) is 13.1 Å². The SMILES string of the molecule is Cc1cc(C)c(NC(=O)N2CC(C(C)C(=O)O)C2)c(C)c1. The molecule has 2 N–H and O–H groups in total. The molecule has 1 atom stereocenters. The number of anilines is 1. The molecular weight excluding hydrogens is 268 g/mol. The van der Waals surface area contributed by atoms with Gasteiger partial charge >= 0.3 is 12.0 Å². The Morgan fingerprint density at radius 3 is 2.24 bits per heavy atom. The smallest absolute Gasteiger partial charge is 0.321 e. The molecule has 5 nitrogen and oxygen atoms in total. The van der Waals surface area contributed by atoms with E-state index in [1.807, 2.05) is 32.9 Å². The normalized spacial score (nSPS) is 16.3. The predicted molar refractivity (Wildman–Crippen MR) is 81.5 cm³/mol. The van der Waals surface area contributed by atoms with Gasteiger partial charge in [0.2, 0.25) is 0 Å². The molecule has 1 aromatic rings. The summed E-state index contributed by atoms with van der Waals surface area (Å²) < 4.78 is 0. The van der Waals surface area contributed by atoms with Gasteiger partial charge in [-0.2, -0.15) is 0 Å². The second-order valence-corrected chi connectivity index (χ2v) is 6.00. The Kier molecular flexibility index (Phi) is 4.21. The first-order chi connectivity index (χ1) is 9.79. The van der Waals surface area contributed by atoms with Crippen LogP contribution in [-0.4, -0.2) is 35.1 Å². The Balaban J connectivity index is 1.97. The summed E-state index contributed by atoms with van der Waals surface area (Å²) in [5.74, 6) is -1.16. The summed E-state index contributed by atoms with van der Waals surface area (Å²) >= 11 is 0. The third kappa shape index (κ3) is 3.17. The van der Waals surface area contributed by atoms with Gasteiger partial charge in [-0.05, 0) is 31.9 Å². The van der Waals surface area contributed by atoms with Crippen molar-refractivity contribution in [3.05, 3.63) is 28.8 Å². The van der Waals surface area contributed by atoms with Gasteiger partial charge in [0, 0.05) is 24.7 Å². The first kappa shape index (κ1) is 15.4. The lowest BCUT2D eigenvalue weighted by molar-refractivity contribution is -0.144. The lowest BCUT2D eigenvalue weighted by atomic mass is 9.87. The van der Waals surface area contributed by atoms with Crippen molar-refractivity contribution >= 4 is 17.7 Å². The number of nitrogens with one attached hydrogen (secondary N) is 1. The molecule has 2 amide bonds. The molecule has 1 unspecified atom stereocenters. The van der Waals surface area contributed by atoms with Crippen molar-refractivity contribution in [2.24, 2.45) is 11.8 Å². The summed E-state index contributed by atoms with van der Waals surface area (Å²) in [6, 6.07) is 3.92. The number of nitrogens with zero attached hydrogens (tertiary/aromatic N) is 1. The van der Waals surface area contributed by atoms with E-state index in [0.717, 1.165) is 16.8 Å². The quantitative estimate of drug-likeness (QED) is 0.899. The fourth-order valence-electron chi connectivity index (χ4n) is 2.76. The summed E-state index contributed by atoms with van der Waals surface area (Å²) in [6.45, 7) is 8.67. The molecular formula is C16H22N2O3. The van der Waals surface area contributed by atoms with Crippen LogP contribution in [0.5, 0.6) is 0 Å². The van der Waals surface area contributed by atoms with Crippen LogP contribution in [0, 0.1) is 32.6 Å². The van der Waals surface area contributed by atoms with Crippen molar-refractivity contribution in [2.45, 2.75) is 27.7 Å². The Labute approximate surface area is 125 Å². The van der Waals surface area contributed by atoms with Crippen LogP contribution in [0.25, 0.3) is 0 Å². The highest BCUT2D eigenvalue weighted by atomic mass is 16.4. The predicted octanol–water partition coefficient (Wildman–Crippen LogP) is 2.80. The zero-order chi connectivity index (χ0) is 15.7. The number of carboxylic acid groups (broad SMARTS) is 1. The first-order valence-electron chi connectivity index (χ1n) is 7.16. The third-order valence-corrected chi connectivity index (χ3v) is 4.20. The minimum absolute atomic E-state index is 0.0495. The second kappa shape index (κ2) is 5.76. The molecule has 5 heteroatoms. The summed E-state index contributed by atoms with van der Waals surface area (Å²) in [6.07, 6.45) is 0. The number of amides is 2. The lowest BCUT2D eigenvalue weighted by Crippen LogP contribution is -2.54. The Bertz CT molecular complexity index is 554. The van der Waals surface area contributed by atoms with E-state index >= 15 is 0 Å². The maximum Gasteiger partial charge on any atom is 0.321 e. The fraction of sp³-hybridized carbons (Fsp3) is 0.500. The summed E-state index contributed by atoms with van der Waals surface area (Å²) in [7, 11) is 0. The molecule has 0 radical (unpaired) electrons. The number of benzene rings is 1. The van der Waals surface area contributed by atoms with Gasteiger partial charge < -0.3 is 15.3 Å². The standard InChI is InChI=1S/C16H22N2O3/c1-9-5-10(2)14(11(3)6-9)17-16(21)18-7-13(8-18)12(4)15(19)20/h5-6,12-13H,7-8H2,1-4H3,(H,17,21)(H,19,20). The van der Waals surface area contributed by atoms with Crippen molar-refractivity contribution < 1.29 is 14.7 Å². The van der Waals surface area contributed by atoms with E-state index in [9.17, 15) is 9.59 Å². The average molecular weight is 290 g/mol. The van der Waals surface area contributed by atoms with Crippen LogP contribution in [-0.2, 0) is 4.79 Å². The van der Waals surface area contributed by atoms with Gasteiger partial charge in [-0.3, -0.25) is 4.79 Å². The third-order valence-electron chi connectivity index (χ3n) is 4.20. The topological polar surface area (TPSA) is 69.6 Å². The molecule has 0 bridgehead atoms. The molecule has 1 heterocycles. The minimum atomic E-state index is -0.801. The number of carboxylic acids is 1. The Morgan fingerprint density at radius 2 is 1.76 bits per heavy atom. The number of aryl methyl sites for hydroxylation is 3. The number of aliphatic carboxylic acids is 1. The van der Waals surface area contributed by atoms with Gasteiger partial charge in [-0.15, -0.1) is 0 Å². The van der Waals surface area contributed by atoms with Gasteiger partial charge in [0.05, 0.1) is 5.92 Å². The van der Waals surface area contributed by atoms with Crippen molar-refractivity contribution in [1.29, 1.82) is 0 Å². The molecule has 114 valence electrons. The molecule has 1 aromatic carbocycles. The van der Waals surface area contributed by atoms with Crippen LogP contribution in [0.2, 0.25) is 0 Å². The molecule has 21 heavy (non-hydrogen) atoms. The highest BCUT2D eigenvalue weighted by molar-refractivity contribution is 5.91. The van der Waals surface area contributed by atoms with E-state index < -0.39 is 11.9 Å². The lowest BCUT2D eigenvalue weighted by Gasteiger charge is -2.41. The van der Waals surface area contributed by atoms with Gasteiger partial charge in [0.1, 0.15) is 0 Å². The van der Waals surface area contributed by atoms with Crippen LogP contribution in [0.4, 0.5) is 10.5 Å². The molecule has 0 saturated carbocycles. The molecule has 1 saturated heterocycles. The second-order valence-electron chi connectivity index (χ2n) is 6.00. The van der Waals surface area contributed by atoms with E-state index in [2.05, 4.69) is 5.32 Å². The van der Waals surface area contributed by atoms with Crippen molar-refractivity contribution in [3.8, 4) is 0 Å². The van der Waals surface area contributed by atoms with Gasteiger partial charge in [-0.1, -0.05) is 24.6 Å². The molecule has 0 aromatic heterocycles. The van der Waals surface area contributed by atoms with Gasteiger partial charge in [-0.25, -0.2) is 4.79 Å². The van der Waals surface area contributed by atoms with Crippen molar-refractivity contribution in [2.75, 3.05) is 18.4 Å². The van der Waals surface area contributed by atoms with Crippen LogP contribution < -0.4 is 5.32 Å². The van der Waals surface area contributed by atoms with E-state index in [1.165, 1.54) is 5.56 Å². The molecule has 1 aliphatic heterocycles. The van der Waals surface area contributed by atoms with E-state index in [-0.39, 0.29) is 11.9 Å². The fourth-order valence-corrected chi connectivity index (χ4v) is 2.76. The van der Waals surface area contributed by atoms with Crippen LogP contribution in [0.1, 0.15) is 23.6 Å². The zero-order valence-electron chi connectivity index (χ0n) is 12.9. The summed E-state index contributed by atoms with van der Waals surface area (Å²) in [5, 5.41) is 11.9. The molecule has 0 spiro atoms. The number of hydrogen-bond acceptors (Lipinski definition) is 2. The van der Waals surface area contributed by atoms with Gasteiger partial charge in [0.15, 0.2) is 0 Å². The Hall–Kier alpha value is -2.04. The number of urea groups is 1. The zero-order valence-corrected chi connectivity index (χ0v) is 12.9. The maximum absolute atomic E-state index is 12.2. The monoisotopic (exact) mass is 290 g/mol. The van der Waals surface area contributed by atoms with Crippen LogP contribution in [0.15, 0.2) is 12.1 Å². The van der Waals surface area contributed by atoms with Crippen molar-refractivity contribution in [1.82, 2.24) is 4.90 Å². The number of carbonyl (C=O) groups is 2. The molecule has 1 aliphatic rings. The highest BCUT2D eigenvalue weighted by Gasteiger charge is 2.37. The van der Waals surface area contributed by atoms with E-state index in [4.69, 9.17) is 5.11 Å². The van der Waals surface area contributed by atoms with Gasteiger partial charge in [0.25, 0.3) is 0 Å². The first-order valence-corrected chi connectivity index (χ1v) is 7.16. The summed E-state index contributed by atoms with van der Waals surface area (Å²) in [4.78, 5) is 24.7. The summed E-state index contributed by atoms with van der Waals surface area (Å²) in [5.41, 5.74) is 4.09. The number of hydrogen-bond donors (Lipinski definition) is 2. The average Bonchev–Trinajstić information content (AvgIpc) is 2.31.